The van der Waals surface area contributed by atoms with E-state index in [9.17, 15) is 4.79 Å². The molecule has 0 aliphatic heterocycles. The number of ether oxygens (including phenoxy) is 1. The molecule has 0 aliphatic carbocycles. The molecule has 0 heterocycles. The van der Waals surface area contributed by atoms with Crippen molar-refractivity contribution in [1.29, 1.82) is 0 Å². The minimum absolute atomic E-state index is 0.306. The molecule has 100 valence electrons. The van der Waals surface area contributed by atoms with Gasteiger partial charge in [0.05, 0.1) is 7.11 Å². The van der Waals surface area contributed by atoms with Gasteiger partial charge in [-0.1, -0.05) is 25.1 Å². The summed E-state index contributed by atoms with van der Waals surface area (Å²) in [4.78, 5) is 11.4. The number of nitrogens with two attached hydrogens (primary N) is 1. The second kappa shape index (κ2) is 6.55. The summed E-state index contributed by atoms with van der Waals surface area (Å²) >= 11 is 0. The lowest BCUT2D eigenvalue weighted by atomic mass is 9.85. The van der Waals surface area contributed by atoms with Crippen LogP contribution in [0.3, 0.4) is 0 Å². The maximum atomic E-state index is 11.4. The van der Waals surface area contributed by atoms with Crippen molar-refractivity contribution < 1.29 is 9.53 Å². The van der Waals surface area contributed by atoms with Crippen molar-refractivity contribution in [2.75, 3.05) is 7.11 Å². The Morgan fingerprint density at radius 3 is 2.33 bits per heavy atom. The van der Waals surface area contributed by atoms with Crippen LogP contribution in [0.25, 0.3) is 0 Å². The predicted octanol–water partition coefficient (Wildman–Crippen LogP) is 2.69. The van der Waals surface area contributed by atoms with Crippen molar-refractivity contribution in [3.8, 4) is 0 Å². The van der Waals surface area contributed by atoms with Gasteiger partial charge in [-0.3, -0.25) is 4.79 Å². The van der Waals surface area contributed by atoms with Gasteiger partial charge in [-0.05, 0) is 49.3 Å². The molecule has 0 saturated heterocycles. The maximum absolute atomic E-state index is 11.4. The summed E-state index contributed by atoms with van der Waals surface area (Å²) in [7, 11) is 1.38. The predicted molar refractivity (Wildman–Crippen MR) is 73.6 cm³/mol. The smallest absolute Gasteiger partial charge is 0.322 e. The van der Waals surface area contributed by atoms with E-state index in [1.54, 1.807) is 0 Å². The van der Waals surface area contributed by atoms with Crippen LogP contribution in [0.4, 0.5) is 0 Å². The fourth-order valence-corrected chi connectivity index (χ4v) is 2.51. The molecule has 0 spiro atoms. The third-order valence-electron chi connectivity index (χ3n) is 3.49. The van der Waals surface area contributed by atoms with E-state index in [-0.39, 0.29) is 5.97 Å². The van der Waals surface area contributed by atoms with Crippen LogP contribution in [-0.4, -0.2) is 19.1 Å². The van der Waals surface area contributed by atoms with E-state index in [1.165, 1.54) is 23.8 Å². The van der Waals surface area contributed by atoms with E-state index < -0.39 is 6.04 Å². The van der Waals surface area contributed by atoms with Crippen LogP contribution >= 0.6 is 0 Å². The van der Waals surface area contributed by atoms with Gasteiger partial charge >= 0.3 is 5.97 Å². The van der Waals surface area contributed by atoms with Crippen LogP contribution in [-0.2, 0) is 9.53 Å². The summed E-state index contributed by atoms with van der Waals surface area (Å²) in [5.41, 5.74) is 9.71. The molecule has 0 bridgehead atoms. The Labute approximate surface area is 109 Å². The Hall–Kier alpha value is -1.35. The fourth-order valence-electron chi connectivity index (χ4n) is 2.51. The normalized spacial score (nSPS) is 14.1. The first-order valence-electron chi connectivity index (χ1n) is 6.40. The quantitative estimate of drug-likeness (QED) is 0.816. The van der Waals surface area contributed by atoms with Crippen molar-refractivity contribution in [2.24, 2.45) is 5.73 Å². The van der Waals surface area contributed by atoms with Gasteiger partial charge in [0, 0.05) is 0 Å². The van der Waals surface area contributed by atoms with E-state index >= 15 is 0 Å². The van der Waals surface area contributed by atoms with E-state index in [0.29, 0.717) is 12.3 Å². The van der Waals surface area contributed by atoms with Gasteiger partial charge in [-0.25, -0.2) is 0 Å². The van der Waals surface area contributed by atoms with Crippen molar-refractivity contribution in [1.82, 2.24) is 0 Å². The summed E-state index contributed by atoms with van der Waals surface area (Å²) in [6, 6.07) is 5.73. The van der Waals surface area contributed by atoms with Gasteiger partial charge in [-0.15, -0.1) is 0 Å². The number of benzene rings is 1. The molecule has 1 aromatic carbocycles. The summed E-state index contributed by atoms with van der Waals surface area (Å²) in [6.07, 6.45) is 1.60. The first-order valence-corrected chi connectivity index (χ1v) is 6.40. The molecular formula is C15H23NO2. The molecule has 3 heteroatoms. The number of rotatable bonds is 5. The van der Waals surface area contributed by atoms with Crippen LogP contribution in [0, 0.1) is 13.8 Å². The molecule has 18 heavy (non-hydrogen) atoms. The number of carbonyl (C=O) groups excluding carboxylic acids is 1. The van der Waals surface area contributed by atoms with Gasteiger partial charge in [0.2, 0.25) is 0 Å². The van der Waals surface area contributed by atoms with Crippen molar-refractivity contribution in [2.45, 2.75) is 45.6 Å². The molecule has 3 nitrogen and oxygen atoms in total. The van der Waals surface area contributed by atoms with Crippen molar-refractivity contribution in [3.63, 3.8) is 0 Å². The monoisotopic (exact) mass is 249 g/mol. The Bertz CT molecular complexity index is 395. The minimum atomic E-state index is -0.543. The molecule has 0 aliphatic rings. The number of carbonyl (C=O) groups is 1. The maximum Gasteiger partial charge on any atom is 0.322 e. The molecule has 0 radical (unpaired) electrons. The summed E-state index contributed by atoms with van der Waals surface area (Å²) in [5, 5.41) is 0. The van der Waals surface area contributed by atoms with E-state index in [2.05, 4.69) is 43.7 Å². The van der Waals surface area contributed by atoms with Gasteiger partial charge in [0.1, 0.15) is 6.04 Å². The standard InChI is InChI=1S/C15H23NO2/c1-5-12(9-13(16)15(17)18-4)14-10(2)7-6-8-11(14)3/h6-8,12-13H,5,9,16H2,1-4H3. The molecule has 1 rings (SSSR count). The molecule has 0 fully saturated rings. The highest BCUT2D eigenvalue weighted by molar-refractivity contribution is 5.75. The third kappa shape index (κ3) is 3.33. The molecule has 0 amide bonds. The molecule has 2 atom stereocenters. The number of esters is 1. The summed E-state index contributed by atoms with van der Waals surface area (Å²) in [6.45, 7) is 6.34. The largest absolute Gasteiger partial charge is 0.468 e. The lowest BCUT2D eigenvalue weighted by Gasteiger charge is -2.22. The number of hydrogen-bond donors (Lipinski definition) is 1. The second-order valence-corrected chi connectivity index (χ2v) is 4.78. The zero-order valence-electron chi connectivity index (χ0n) is 11.7. The Balaban J connectivity index is 2.93. The SMILES string of the molecule is CCC(CC(N)C(=O)OC)c1c(C)cccc1C. The first-order chi connectivity index (χ1) is 8.51. The van der Waals surface area contributed by atoms with Gasteiger partial charge in [0.25, 0.3) is 0 Å². The van der Waals surface area contributed by atoms with Crippen LogP contribution < -0.4 is 5.73 Å². The minimum Gasteiger partial charge on any atom is -0.468 e. The topological polar surface area (TPSA) is 52.3 Å². The number of hydrogen-bond acceptors (Lipinski definition) is 3. The van der Waals surface area contributed by atoms with Gasteiger partial charge < -0.3 is 10.5 Å². The Kier molecular flexibility index (Phi) is 5.35. The summed E-state index contributed by atoms with van der Waals surface area (Å²) in [5.74, 6) is -0.0278. The average Bonchev–Trinajstić information content (AvgIpc) is 2.35. The lowest BCUT2D eigenvalue weighted by molar-refractivity contribution is -0.142. The Morgan fingerprint density at radius 1 is 1.33 bits per heavy atom. The zero-order chi connectivity index (χ0) is 13.7. The highest BCUT2D eigenvalue weighted by Crippen LogP contribution is 2.30. The van der Waals surface area contributed by atoms with E-state index in [4.69, 9.17) is 5.73 Å². The van der Waals surface area contributed by atoms with Gasteiger partial charge in [0.15, 0.2) is 0 Å². The number of methoxy groups -OCH3 is 1. The molecule has 2 unspecified atom stereocenters. The molecular weight excluding hydrogens is 226 g/mol. The van der Waals surface area contributed by atoms with Crippen LogP contribution in [0.5, 0.6) is 0 Å². The lowest BCUT2D eigenvalue weighted by Crippen LogP contribution is -2.33. The van der Waals surface area contributed by atoms with Crippen LogP contribution in [0.15, 0.2) is 18.2 Å². The average molecular weight is 249 g/mol. The van der Waals surface area contributed by atoms with Gasteiger partial charge in [-0.2, -0.15) is 0 Å². The third-order valence-corrected chi connectivity index (χ3v) is 3.49. The fraction of sp³-hybridized carbons (Fsp3) is 0.533. The molecule has 0 saturated carbocycles. The molecule has 1 aromatic rings. The molecule has 2 N–H and O–H groups in total. The van der Waals surface area contributed by atoms with E-state index in [1.807, 2.05) is 0 Å². The molecule has 0 aromatic heterocycles. The zero-order valence-corrected chi connectivity index (χ0v) is 11.7. The highest BCUT2D eigenvalue weighted by atomic mass is 16.5. The van der Waals surface area contributed by atoms with Crippen LogP contribution in [0.2, 0.25) is 0 Å². The van der Waals surface area contributed by atoms with E-state index in [0.717, 1.165) is 6.42 Å². The number of aryl methyl sites for hydroxylation is 2. The van der Waals surface area contributed by atoms with Crippen molar-refractivity contribution in [3.05, 3.63) is 34.9 Å². The summed E-state index contributed by atoms with van der Waals surface area (Å²) < 4.78 is 4.69. The van der Waals surface area contributed by atoms with Crippen molar-refractivity contribution >= 4 is 5.97 Å². The highest BCUT2D eigenvalue weighted by Gasteiger charge is 2.22. The Morgan fingerprint density at radius 2 is 1.89 bits per heavy atom. The first kappa shape index (κ1) is 14.7. The van der Waals surface area contributed by atoms with Crippen LogP contribution in [0.1, 0.15) is 42.4 Å². The second-order valence-electron chi connectivity index (χ2n) is 4.78.